The summed E-state index contributed by atoms with van der Waals surface area (Å²) in [5, 5.41) is 31.0. The van der Waals surface area contributed by atoms with Crippen molar-refractivity contribution in [3.05, 3.63) is 130 Å². The summed E-state index contributed by atoms with van der Waals surface area (Å²) in [5.74, 6) is 7.98. The fourth-order valence-corrected chi connectivity index (χ4v) is 10.5. The molecule has 8 rings (SSSR count). The highest BCUT2D eigenvalue weighted by molar-refractivity contribution is 5.80. The van der Waals surface area contributed by atoms with Crippen molar-refractivity contribution >= 4 is 5.78 Å². The van der Waals surface area contributed by atoms with Crippen LogP contribution in [0.3, 0.4) is 0 Å². The quantitative estimate of drug-likeness (QED) is 0.188. The summed E-state index contributed by atoms with van der Waals surface area (Å²) in [6, 6.07) is 33.2. The van der Waals surface area contributed by atoms with Gasteiger partial charge < -0.3 is 15.3 Å². The summed E-state index contributed by atoms with van der Waals surface area (Å²) in [7, 11) is 0. The zero-order chi connectivity index (χ0) is 35.5. The van der Waals surface area contributed by atoms with Crippen LogP contribution in [0, 0.1) is 23.7 Å². The molecular formula is C47H52O4. The fourth-order valence-electron chi connectivity index (χ4n) is 10.5. The Morgan fingerprint density at radius 2 is 1.20 bits per heavy atom. The van der Waals surface area contributed by atoms with Crippen LogP contribution in [0.1, 0.15) is 105 Å². The van der Waals surface area contributed by atoms with E-state index in [1.807, 2.05) is 31.2 Å². The Bertz CT molecular complexity index is 1910. The van der Waals surface area contributed by atoms with Crippen molar-refractivity contribution in [1.29, 1.82) is 0 Å². The SMILES string of the molecule is CC#C[C@]1(O)CC[C@@]2(Cc3ccccc3)c3ccc(O)cc3CCC[C@H]2C1.O=C1CC[C@@]2(Cc3ccccc3)c3ccc(O)cc3CCC[C@H]2C1. The van der Waals surface area contributed by atoms with E-state index in [-0.39, 0.29) is 10.8 Å². The molecule has 3 N–H and O–H groups in total. The van der Waals surface area contributed by atoms with E-state index in [1.165, 1.54) is 33.4 Å². The first-order valence-corrected chi connectivity index (χ1v) is 19.1. The van der Waals surface area contributed by atoms with Gasteiger partial charge in [0.15, 0.2) is 0 Å². The highest BCUT2D eigenvalue weighted by Crippen LogP contribution is 2.54. The molecule has 5 atom stereocenters. The number of ketones is 1. The second-order valence-corrected chi connectivity index (χ2v) is 15.9. The van der Waals surface area contributed by atoms with Crippen molar-refractivity contribution in [3.8, 4) is 23.3 Å². The number of carbonyl (C=O) groups excluding carboxylic acids is 1. The van der Waals surface area contributed by atoms with Crippen LogP contribution in [0.25, 0.3) is 0 Å². The predicted molar refractivity (Wildman–Crippen MR) is 204 cm³/mol. The second-order valence-electron chi connectivity index (χ2n) is 15.9. The molecule has 4 nitrogen and oxygen atoms in total. The minimum absolute atomic E-state index is 0.00252. The number of aryl methyl sites for hydroxylation is 2. The molecule has 0 bridgehead atoms. The Kier molecular flexibility index (Phi) is 10.1. The maximum atomic E-state index is 12.2. The molecule has 2 fully saturated rings. The van der Waals surface area contributed by atoms with E-state index in [1.54, 1.807) is 0 Å². The standard InChI is InChI=1S/C25H28O2.C22H24O2/c1-2-13-24(27)14-15-25(17-19-7-4-3-5-8-19)21(18-24)10-6-9-20-16-22(26)11-12-23(20)25;23-19-9-10-21-17(13-19)7-4-8-18-14-20(24)11-12-22(18,21)15-16-5-2-1-3-6-16/h3-5,7-8,11-12,16,21,26-27H,6,9-10,14-15,17-18H2,1H3;1-3,5-6,9-10,13,18,23H,4,7-8,11-12,14-15H2/t21-,24-,25-;18-,22-/m00/s1. The lowest BCUT2D eigenvalue weighted by Gasteiger charge is -2.49. The van der Waals surface area contributed by atoms with Gasteiger partial charge in [0.2, 0.25) is 0 Å². The number of Topliss-reactive ketones (excluding diaryl/α,β-unsaturated/α-hetero) is 1. The molecule has 4 aliphatic rings. The van der Waals surface area contributed by atoms with E-state index < -0.39 is 5.60 Å². The van der Waals surface area contributed by atoms with Crippen molar-refractivity contribution < 1.29 is 20.1 Å². The second kappa shape index (κ2) is 14.7. The summed E-state index contributed by atoms with van der Waals surface area (Å²) in [4.78, 5) is 12.2. The Morgan fingerprint density at radius 3 is 1.75 bits per heavy atom. The third kappa shape index (κ3) is 7.24. The minimum atomic E-state index is -0.860. The van der Waals surface area contributed by atoms with Gasteiger partial charge in [-0.2, -0.15) is 0 Å². The van der Waals surface area contributed by atoms with Gasteiger partial charge in [-0.3, -0.25) is 4.79 Å². The normalized spacial score (nSPS) is 28.1. The van der Waals surface area contributed by atoms with Gasteiger partial charge in [0, 0.05) is 23.7 Å². The van der Waals surface area contributed by atoms with Gasteiger partial charge >= 0.3 is 0 Å². The minimum Gasteiger partial charge on any atom is -0.508 e. The summed E-state index contributed by atoms with van der Waals surface area (Å²) < 4.78 is 0. The highest BCUT2D eigenvalue weighted by Gasteiger charge is 2.50. The summed E-state index contributed by atoms with van der Waals surface area (Å²) >= 11 is 0. The first-order valence-electron chi connectivity index (χ1n) is 19.1. The van der Waals surface area contributed by atoms with E-state index in [2.05, 4.69) is 84.6 Å². The van der Waals surface area contributed by atoms with Crippen LogP contribution in [-0.4, -0.2) is 26.7 Å². The van der Waals surface area contributed by atoms with Gasteiger partial charge in [0.1, 0.15) is 22.9 Å². The number of hydrogen-bond donors (Lipinski definition) is 3. The molecule has 4 heteroatoms. The maximum absolute atomic E-state index is 12.2. The van der Waals surface area contributed by atoms with Crippen molar-refractivity contribution in [1.82, 2.24) is 0 Å². The van der Waals surface area contributed by atoms with Gasteiger partial charge in [-0.15, -0.1) is 5.92 Å². The van der Waals surface area contributed by atoms with Crippen molar-refractivity contribution in [2.45, 2.75) is 113 Å². The molecule has 0 aromatic heterocycles. The molecule has 0 unspecified atom stereocenters. The van der Waals surface area contributed by atoms with Gasteiger partial charge in [-0.25, -0.2) is 0 Å². The average molecular weight is 681 g/mol. The van der Waals surface area contributed by atoms with Crippen molar-refractivity contribution in [2.75, 3.05) is 0 Å². The molecule has 0 saturated heterocycles. The van der Waals surface area contributed by atoms with E-state index in [0.29, 0.717) is 48.4 Å². The molecule has 2 saturated carbocycles. The van der Waals surface area contributed by atoms with Crippen LogP contribution in [0.4, 0.5) is 0 Å². The number of hydrogen-bond acceptors (Lipinski definition) is 4. The lowest BCUT2D eigenvalue weighted by molar-refractivity contribution is -0.123. The van der Waals surface area contributed by atoms with Crippen LogP contribution >= 0.6 is 0 Å². The first-order chi connectivity index (χ1) is 24.7. The molecule has 51 heavy (non-hydrogen) atoms. The van der Waals surface area contributed by atoms with Gasteiger partial charge in [-0.05, 0) is 153 Å². The summed E-state index contributed by atoms with van der Waals surface area (Å²) in [5.41, 5.74) is 7.17. The molecule has 0 aliphatic heterocycles. The molecule has 4 aliphatic carbocycles. The molecule has 4 aromatic rings. The maximum Gasteiger partial charge on any atom is 0.133 e. The zero-order valence-corrected chi connectivity index (χ0v) is 30.0. The molecule has 0 amide bonds. The number of fused-ring (bicyclic) bond motifs is 6. The van der Waals surface area contributed by atoms with Crippen LogP contribution < -0.4 is 0 Å². The predicted octanol–water partition coefficient (Wildman–Crippen LogP) is 9.34. The van der Waals surface area contributed by atoms with Crippen LogP contribution in [0.5, 0.6) is 11.5 Å². The number of carbonyl (C=O) groups is 1. The smallest absolute Gasteiger partial charge is 0.133 e. The molecule has 0 heterocycles. The third-order valence-corrected chi connectivity index (χ3v) is 12.8. The molecular weight excluding hydrogens is 629 g/mol. The van der Waals surface area contributed by atoms with E-state index >= 15 is 0 Å². The number of phenols is 2. The number of aromatic hydroxyl groups is 2. The number of rotatable bonds is 4. The van der Waals surface area contributed by atoms with Gasteiger partial charge in [-0.1, -0.05) is 78.7 Å². The van der Waals surface area contributed by atoms with E-state index in [4.69, 9.17) is 0 Å². The lowest BCUT2D eigenvalue weighted by Crippen LogP contribution is -2.48. The van der Waals surface area contributed by atoms with E-state index in [9.17, 15) is 20.1 Å². The number of phenolic OH excluding ortho intramolecular Hbond substituents is 2. The molecule has 0 spiro atoms. The molecule has 264 valence electrons. The van der Waals surface area contributed by atoms with Crippen molar-refractivity contribution in [2.24, 2.45) is 11.8 Å². The molecule has 4 aromatic carbocycles. The van der Waals surface area contributed by atoms with Crippen LogP contribution in [0.2, 0.25) is 0 Å². The lowest BCUT2D eigenvalue weighted by atomic mass is 9.56. The average Bonchev–Trinajstić information content (AvgIpc) is 3.36. The van der Waals surface area contributed by atoms with Gasteiger partial charge in [0.05, 0.1) is 0 Å². The van der Waals surface area contributed by atoms with Crippen LogP contribution in [-0.2, 0) is 41.3 Å². The van der Waals surface area contributed by atoms with Gasteiger partial charge in [0.25, 0.3) is 0 Å². The number of aliphatic hydroxyl groups is 1. The fraction of sp³-hybridized carbons (Fsp3) is 0.426. The zero-order valence-electron chi connectivity index (χ0n) is 30.0. The Labute approximate surface area is 304 Å². The van der Waals surface area contributed by atoms with Crippen molar-refractivity contribution in [3.63, 3.8) is 0 Å². The first kappa shape index (κ1) is 35.1. The summed E-state index contributed by atoms with van der Waals surface area (Å²) in [6.45, 7) is 1.81. The Balaban J connectivity index is 0.000000160. The van der Waals surface area contributed by atoms with E-state index in [0.717, 1.165) is 70.6 Å². The van der Waals surface area contributed by atoms with Crippen LogP contribution in [0.15, 0.2) is 97.1 Å². The monoisotopic (exact) mass is 680 g/mol. The Hall–Kier alpha value is -4.33. The number of benzene rings is 4. The highest BCUT2D eigenvalue weighted by atomic mass is 16.3. The largest absolute Gasteiger partial charge is 0.508 e. The topological polar surface area (TPSA) is 77.8 Å². The summed E-state index contributed by atoms with van der Waals surface area (Å²) in [6.07, 6.45) is 13.1. The molecule has 0 radical (unpaired) electrons. The third-order valence-electron chi connectivity index (χ3n) is 12.8. The Morgan fingerprint density at radius 1 is 0.667 bits per heavy atom.